The number of primary amides is 1. The molecule has 0 spiro atoms. The van der Waals surface area contributed by atoms with E-state index in [2.05, 4.69) is 10.1 Å². The second-order valence-electron chi connectivity index (χ2n) is 3.06. The van der Waals surface area contributed by atoms with Gasteiger partial charge in [0.2, 0.25) is 5.91 Å². The lowest BCUT2D eigenvalue weighted by Crippen LogP contribution is -2.17. The van der Waals surface area contributed by atoms with Gasteiger partial charge in [-0.2, -0.15) is 0 Å². The maximum Gasteiger partial charge on any atom is 0.573 e. The SMILES string of the molecule is NC(=O)[CH]CNc1ccc(OC(F)(F)F)cc1. The van der Waals surface area contributed by atoms with Crippen LogP contribution in [-0.4, -0.2) is 18.8 Å². The van der Waals surface area contributed by atoms with E-state index in [1.165, 1.54) is 30.7 Å². The average molecular weight is 247 g/mol. The van der Waals surface area contributed by atoms with Gasteiger partial charge in [0.1, 0.15) is 5.75 Å². The van der Waals surface area contributed by atoms with Crippen molar-refractivity contribution in [1.82, 2.24) is 0 Å². The number of ether oxygens (including phenoxy) is 1. The smallest absolute Gasteiger partial charge is 0.406 e. The fourth-order valence-corrected chi connectivity index (χ4v) is 1.04. The predicted molar refractivity (Wildman–Crippen MR) is 55.1 cm³/mol. The third-order valence-corrected chi connectivity index (χ3v) is 1.70. The Kier molecular flexibility index (Phi) is 4.19. The maximum atomic E-state index is 11.8. The molecule has 0 unspecified atom stereocenters. The van der Waals surface area contributed by atoms with E-state index < -0.39 is 12.3 Å². The molecule has 0 bridgehead atoms. The molecule has 0 saturated carbocycles. The van der Waals surface area contributed by atoms with Gasteiger partial charge in [-0.1, -0.05) is 0 Å². The summed E-state index contributed by atoms with van der Waals surface area (Å²) >= 11 is 0. The minimum Gasteiger partial charge on any atom is -0.406 e. The van der Waals surface area contributed by atoms with Gasteiger partial charge < -0.3 is 15.8 Å². The molecule has 0 fully saturated rings. The van der Waals surface area contributed by atoms with Crippen molar-refractivity contribution >= 4 is 11.6 Å². The van der Waals surface area contributed by atoms with Crippen molar-refractivity contribution in [3.05, 3.63) is 30.7 Å². The summed E-state index contributed by atoms with van der Waals surface area (Å²) in [6.45, 7) is 0.203. The monoisotopic (exact) mass is 247 g/mol. The Morgan fingerprint density at radius 3 is 2.41 bits per heavy atom. The highest BCUT2D eigenvalue weighted by atomic mass is 19.4. The fourth-order valence-electron chi connectivity index (χ4n) is 1.04. The van der Waals surface area contributed by atoms with Crippen LogP contribution in [0.3, 0.4) is 0 Å². The lowest BCUT2D eigenvalue weighted by atomic mass is 10.3. The molecule has 17 heavy (non-hydrogen) atoms. The van der Waals surface area contributed by atoms with Gasteiger partial charge in [0.25, 0.3) is 0 Å². The number of rotatable bonds is 5. The molecule has 1 radical (unpaired) electrons. The second-order valence-corrected chi connectivity index (χ2v) is 3.06. The highest BCUT2D eigenvalue weighted by molar-refractivity contribution is 5.83. The predicted octanol–water partition coefficient (Wildman–Crippen LogP) is 1.69. The van der Waals surface area contributed by atoms with Crippen LogP contribution in [0, 0.1) is 6.42 Å². The standard InChI is InChI=1S/C10H10F3N2O2/c11-10(12,13)17-8-3-1-7(2-4-8)15-6-5-9(14)16/h1-5,15H,6H2,(H2,14,16). The molecule has 93 valence electrons. The normalized spacial score (nSPS) is 11.0. The first kappa shape index (κ1) is 13.1. The maximum absolute atomic E-state index is 11.8. The van der Waals surface area contributed by atoms with Crippen LogP contribution in [0.25, 0.3) is 0 Å². The summed E-state index contributed by atoms with van der Waals surface area (Å²) in [5.41, 5.74) is 5.42. The lowest BCUT2D eigenvalue weighted by molar-refractivity contribution is -0.274. The van der Waals surface area contributed by atoms with Crippen LogP contribution < -0.4 is 15.8 Å². The van der Waals surface area contributed by atoms with Crippen LogP contribution in [0.1, 0.15) is 0 Å². The number of halogens is 3. The van der Waals surface area contributed by atoms with Crippen LogP contribution in [0.4, 0.5) is 18.9 Å². The van der Waals surface area contributed by atoms with Crippen LogP contribution in [0.5, 0.6) is 5.75 Å². The Labute approximate surface area is 95.6 Å². The first-order valence-corrected chi connectivity index (χ1v) is 4.59. The van der Waals surface area contributed by atoms with Gasteiger partial charge in [0, 0.05) is 12.2 Å². The molecule has 0 aliphatic heterocycles. The van der Waals surface area contributed by atoms with Crippen molar-refractivity contribution in [2.75, 3.05) is 11.9 Å². The fraction of sp³-hybridized carbons (Fsp3) is 0.200. The summed E-state index contributed by atoms with van der Waals surface area (Å²) < 4.78 is 39.2. The van der Waals surface area contributed by atoms with Crippen molar-refractivity contribution in [3.8, 4) is 5.75 Å². The summed E-state index contributed by atoms with van der Waals surface area (Å²) in [7, 11) is 0. The van der Waals surface area contributed by atoms with Gasteiger partial charge in [0.05, 0.1) is 6.42 Å². The van der Waals surface area contributed by atoms with E-state index in [1.54, 1.807) is 0 Å². The quantitative estimate of drug-likeness (QED) is 0.832. The van der Waals surface area contributed by atoms with E-state index >= 15 is 0 Å². The first-order valence-electron chi connectivity index (χ1n) is 4.59. The third-order valence-electron chi connectivity index (χ3n) is 1.70. The van der Waals surface area contributed by atoms with Crippen molar-refractivity contribution < 1.29 is 22.7 Å². The van der Waals surface area contributed by atoms with E-state index in [0.29, 0.717) is 5.69 Å². The lowest BCUT2D eigenvalue weighted by Gasteiger charge is -2.09. The highest BCUT2D eigenvalue weighted by Crippen LogP contribution is 2.23. The Balaban J connectivity index is 2.47. The van der Waals surface area contributed by atoms with Crippen LogP contribution >= 0.6 is 0 Å². The van der Waals surface area contributed by atoms with E-state index in [4.69, 9.17) is 5.73 Å². The van der Waals surface area contributed by atoms with Gasteiger partial charge in [0.15, 0.2) is 0 Å². The average Bonchev–Trinajstić information content (AvgIpc) is 2.18. The highest BCUT2D eigenvalue weighted by Gasteiger charge is 2.30. The number of hydrogen-bond acceptors (Lipinski definition) is 3. The van der Waals surface area contributed by atoms with Crippen LogP contribution in [0.2, 0.25) is 0 Å². The molecule has 3 N–H and O–H groups in total. The van der Waals surface area contributed by atoms with Crippen molar-refractivity contribution in [2.24, 2.45) is 5.73 Å². The van der Waals surface area contributed by atoms with Crippen LogP contribution in [-0.2, 0) is 4.79 Å². The summed E-state index contributed by atoms with van der Waals surface area (Å²) in [5.74, 6) is -0.878. The van der Waals surface area contributed by atoms with E-state index in [-0.39, 0.29) is 12.3 Å². The molecule has 4 nitrogen and oxygen atoms in total. The zero-order chi connectivity index (χ0) is 12.9. The molecule has 7 heteroatoms. The number of nitrogens with one attached hydrogen (secondary N) is 1. The number of carbonyl (C=O) groups excluding carboxylic acids is 1. The van der Waals surface area contributed by atoms with Gasteiger partial charge in [-0.3, -0.25) is 4.79 Å². The molecule has 1 rings (SSSR count). The number of carbonyl (C=O) groups is 1. The molecule has 0 aliphatic carbocycles. The number of hydrogen-bond donors (Lipinski definition) is 2. The largest absolute Gasteiger partial charge is 0.573 e. The van der Waals surface area contributed by atoms with Crippen LogP contribution in [0.15, 0.2) is 24.3 Å². The Morgan fingerprint density at radius 2 is 1.94 bits per heavy atom. The van der Waals surface area contributed by atoms with Gasteiger partial charge in [-0.05, 0) is 24.3 Å². The molecule has 1 amide bonds. The molecule has 1 aromatic carbocycles. The minimum atomic E-state index is -4.70. The molecule has 1 aromatic rings. The zero-order valence-corrected chi connectivity index (χ0v) is 8.62. The molecule has 0 heterocycles. The number of anilines is 1. The van der Waals surface area contributed by atoms with E-state index in [9.17, 15) is 18.0 Å². The zero-order valence-electron chi connectivity index (χ0n) is 8.62. The minimum absolute atomic E-state index is 0.203. The molecular weight excluding hydrogens is 237 g/mol. The Bertz CT molecular complexity index is 376. The van der Waals surface area contributed by atoms with E-state index in [0.717, 1.165) is 0 Å². The number of amides is 1. The number of nitrogens with two attached hydrogens (primary N) is 1. The molecule has 0 atom stereocenters. The molecular formula is C10H10F3N2O2. The molecule has 0 saturated heterocycles. The van der Waals surface area contributed by atoms with Gasteiger partial charge >= 0.3 is 6.36 Å². The molecule has 0 aliphatic rings. The second kappa shape index (κ2) is 5.42. The van der Waals surface area contributed by atoms with Crippen molar-refractivity contribution in [1.29, 1.82) is 0 Å². The first-order chi connectivity index (χ1) is 7.87. The van der Waals surface area contributed by atoms with E-state index in [1.807, 2.05) is 0 Å². The van der Waals surface area contributed by atoms with Gasteiger partial charge in [-0.15, -0.1) is 13.2 Å². The van der Waals surface area contributed by atoms with Gasteiger partial charge in [-0.25, -0.2) is 0 Å². The topological polar surface area (TPSA) is 64.4 Å². The summed E-state index contributed by atoms with van der Waals surface area (Å²) in [6.07, 6.45) is -3.49. The Hall–Kier alpha value is -1.92. The summed E-state index contributed by atoms with van der Waals surface area (Å²) in [6, 6.07) is 5.13. The Morgan fingerprint density at radius 1 is 1.35 bits per heavy atom. The summed E-state index contributed by atoms with van der Waals surface area (Å²) in [4.78, 5) is 10.4. The summed E-state index contributed by atoms with van der Waals surface area (Å²) in [5, 5.41) is 2.77. The third kappa shape index (κ3) is 5.64. The molecule has 0 aromatic heterocycles. The van der Waals surface area contributed by atoms with Crippen molar-refractivity contribution in [2.45, 2.75) is 6.36 Å². The number of alkyl halides is 3. The van der Waals surface area contributed by atoms with Crippen molar-refractivity contribution in [3.63, 3.8) is 0 Å². The number of benzene rings is 1.